The van der Waals surface area contributed by atoms with Gasteiger partial charge < -0.3 is 4.74 Å². The van der Waals surface area contributed by atoms with Crippen LogP contribution in [0.15, 0.2) is 12.2 Å². The SMILES string of the molecule is CCCCCCC(C)/C=C\C(CCCCCC)C(=O)OCC. The lowest BCUT2D eigenvalue weighted by atomic mass is 9.96. The Bertz CT molecular complexity index is 283. The molecular formula is C20H38O2. The third kappa shape index (κ3) is 11.8. The molecule has 0 radical (unpaired) electrons. The summed E-state index contributed by atoms with van der Waals surface area (Å²) in [6.45, 7) is 9.06. The monoisotopic (exact) mass is 310 g/mol. The van der Waals surface area contributed by atoms with E-state index in [1.165, 1.54) is 51.4 Å². The van der Waals surface area contributed by atoms with E-state index in [1.54, 1.807) is 0 Å². The fourth-order valence-corrected chi connectivity index (χ4v) is 2.65. The number of hydrogen-bond donors (Lipinski definition) is 0. The molecule has 0 aromatic heterocycles. The highest BCUT2D eigenvalue weighted by atomic mass is 16.5. The molecule has 2 atom stereocenters. The normalized spacial score (nSPS) is 14.2. The van der Waals surface area contributed by atoms with E-state index in [9.17, 15) is 4.79 Å². The standard InChI is InChI=1S/C20H38O2/c1-5-8-10-12-14-18(4)16-17-19(20(21)22-7-3)15-13-11-9-6-2/h16-19H,5-15H2,1-4H3/b17-16-. The van der Waals surface area contributed by atoms with Gasteiger partial charge in [-0.3, -0.25) is 4.79 Å². The molecule has 0 bridgehead atoms. The number of unbranched alkanes of at least 4 members (excludes halogenated alkanes) is 6. The molecule has 2 heteroatoms. The van der Waals surface area contributed by atoms with Crippen molar-refractivity contribution in [3.63, 3.8) is 0 Å². The second-order valence-electron chi connectivity index (χ2n) is 6.42. The molecule has 0 heterocycles. The smallest absolute Gasteiger partial charge is 0.312 e. The highest BCUT2D eigenvalue weighted by Crippen LogP contribution is 2.17. The first-order valence-electron chi connectivity index (χ1n) is 9.50. The van der Waals surface area contributed by atoms with E-state index < -0.39 is 0 Å². The Morgan fingerprint density at radius 1 is 0.864 bits per heavy atom. The van der Waals surface area contributed by atoms with Crippen LogP contribution in [0.25, 0.3) is 0 Å². The van der Waals surface area contributed by atoms with Gasteiger partial charge in [-0.15, -0.1) is 0 Å². The Labute approximate surface area is 138 Å². The van der Waals surface area contributed by atoms with Crippen molar-refractivity contribution in [1.82, 2.24) is 0 Å². The van der Waals surface area contributed by atoms with Crippen molar-refractivity contribution in [2.45, 2.75) is 91.9 Å². The Balaban J connectivity index is 4.22. The predicted molar refractivity (Wildman–Crippen MR) is 95.9 cm³/mol. The van der Waals surface area contributed by atoms with E-state index in [0.29, 0.717) is 12.5 Å². The van der Waals surface area contributed by atoms with Crippen LogP contribution in [-0.4, -0.2) is 12.6 Å². The molecule has 0 spiro atoms. The number of hydrogen-bond acceptors (Lipinski definition) is 2. The van der Waals surface area contributed by atoms with Gasteiger partial charge in [0.1, 0.15) is 0 Å². The molecule has 0 aromatic carbocycles. The van der Waals surface area contributed by atoms with E-state index in [2.05, 4.69) is 32.9 Å². The highest BCUT2D eigenvalue weighted by Gasteiger charge is 2.16. The van der Waals surface area contributed by atoms with Gasteiger partial charge in [-0.05, 0) is 25.7 Å². The quantitative estimate of drug-likeness (QED) is 0.214. The molecule has 0 N–H and O–H groups in total. The molecule has 0 aliphatic rings. The minimum absolute atomic E-state index is 0.0464. The molecule has 0 aromatic rings. The largest absolute Gasteiger partial charge is 0.466 e. The third-order valence-corrected chi connectivity index (χ3v) is 4.14. The van der Waals surface area contributed by atoms with Crippen LogP contribution in [0.2, 0.25) is 0 Å². The van der Waals surface area contributed by atoms with Crippen molar-refractivity contribution in [2.75, 3.05) is 6.61 Å². The van der Waals surface area contributed by atoms with Gasteiger partial charge in [0.25, 0.3) is 0 Å². The molecule has 0 fully saturated rings. The van der Waals surface area contributed by atoms with E-state index in [4.69, 9.17) is 4.74 Å². The van der Waals surface area contributed by atoms with Gasteiger partial charge in [-0.1, -0.05) is 84.3 Å². The average Bonchev–Trinajstić information content (AvgIpc) is 2.51. The van der Waals surface area contributed by atoms with Gasteiger partial charge in [0.2, 0.25) is 0 Å². The number of allylic oxidation sites excluding steroid dienone is 1. The molecule has 22 heavy (non-hydrogen) atoms. The van der Waals surface area contributed by atoms with Crippen molar-refractivity contribution in [1.29, 1.82) is 0 Å². The molecule has 130 valence electrons. The lowest BCUT2D eigenvalue weighted by Crippen LogP contribution is -2.16. The summed E-state index contributed by atoms with van der Waals surface area (Å²) in [5.41, 5.74) is 0. The lowest BCUT2D eigenvalue weighted by molar-refractivity contribution is -0.146. The number of carbonyl (C=O) groups excluding carboxylic acids is 1. The predicted octanol–water partition coefficient (Wildman–Crippen LogP) is 6.30. The molecule has 0 aliphatic heterocycles. The van der Waals surface area contributed by atoms with Crippen molar-refractivity contribution in [2.24, 2.45) is 11.8 Å². The fourth-order valence-electron chi connectivity index (χ4n) is 2.65. The number of rotatable bonds is 14. The molecule has 0 saturated carbocycles. The molecule has 2 nitrogen and oxygen atoms in total. The minimum Gasteiger partial charge on any atom is -0.466 e. The van der Waals surface area contributed by atoms with Crippen LogP contribution in [-0.2, 0) is 9.53 Å². The van der Waals surface area contributed by atoms with Crippen LogP contribution in [0.4, 0.5) is 0 Å². The topological polar surface area (TPSA) is 26.3 Å². The molecule has 2 unspecified atom stereocenters. The first-order chi connectivity index (χ1) is 10.7. The number of carbonyl (C=O) groups is 1. The molecule has 0 rings (SSSR count). The van der Waals surface area contributed by atoms with Gasteiger partial charge in [-0.25, -0.2) is 0 Å². The first-order valence-corrected chi connectivity index (χ1v) is 9.50. The highest BCUT2D eigenvalue weighted by molar-refractivity contribution is 5.74. The molecule has 0 saturated heterocycles. The van der Waals surface area contributed by atoms with Crippen molar-refractivity contribution in [3.8, 4) is 0 Å². The van der Waals surface area contributed by atoms with E-state index in [1.807, 2.05) is 6.92 Å². The van der Waals surface area contributed by atoms with E-state index >= 15 is 0 Å². The molecule has 0 amide bonds. The zero-order valence-electron chi connectivity index (χ0n) is 15.4. The maximum absolute atomic E-state index is 12.0. The van der Waals surface area contributed by atoms with Gasteiger partial charge in [0.15, 0.2) is 0 Å². The average molecular weight is 311 g/mol. The molecular weight excluding hydrogens is 272 g/mol. The van der Waals surface area contributed by atoms with Crippen molar-refractivity contribution < 1.29 is 9.53 Å². The molecule has 0 aliphatic carbocycles. The van der Waals surface area contributed by atoms with Crippen LogP contribution in [0.3, 0.4) is 0 Å². The van der Waals surface area contributed by atoms with E-state index in [0.717, 1.165) is 12.8 Å². The lowest BCUT2D eigenvalue weighted by Gasteiger charge is -2.13. The zero-order chi connectivity index (χ0) is 16.6. The summed E-state index contributed by atoms with van der Waals surface area (Å²) in [7, 11) is 0. The fraction of sp³-hybridized carbons (Fsp3) is 0.850. The summed E-state index contributed by atoms with van der Waals surface area (Å²) < 4.78 is 5.22. The van der Waals surface area contributed by atoms with Crippen LogP contribution < -0.4 is 0 Å². The van der Waals surface area contributed by atoms with Crippen LogP contribution >= 0.6 is 0 Å². The summed E-state index contributed by atoms with van der Waals surface area (Å²) in [6, 6.07) is 0. The second-order valence-corrected chi connectivity index (χ2v) is 6.42. The Hall–Kier alpha value is -0.790. The summed E-state index contributed by atoms with van der Waals surface area (Å²) in [6.07, 6.45) is 16.5. The van der Waals surface area contributed by atoms with Crippen molar-refractivity contribution in [3.05, 3.63) is 12.2 Å². The van der Waals surface area contributed by atoms with E-state index in [-0.39, 0.29) is 11.9 Å². The van der Waals surface area contributed by atoms with Crippen LogP contribution in [0.1, 0.15) is 91.9 Å². The minimum atomic E-state index is -0.0477. The third-order valence-electron chi connectivity index (χ3n) is 4.14. The number of esters is 1. The second kappa shape index (κ2) is 15.1. The van der Waals surface area contributed by atoms with Crippen LogP contribution in [0, 0.1) is 11.8 Å². The van der Waals surface area contributed by atoms with Gasteiger partial charge >= 0.3 is 5.97 Å². The Morgan fingerprint density at radius 3 is 2.00 bits per heavy atom. The zero-order valence-corrected chi connectivity index (χ0v) is 15.4. The Kier molecular flexibility index (Phi) is 14.6. The maximum atomic E-state index is 12.0. The summed E-state index contributed by atoms with van der Waals surface area (Å²) in [5, 5.41) is 0. The van der Waals surface area contributed by atoms with Crippen molar-refractivity contribution >= 4 is 5.97 Å². The van der Waals surface area contributed by atoms with Gasteiger partial charge in [0.05, 0.1) is 12.5 Å². The number of ether oxygens (including phenoxy) is 1. The first kappa shape index (κ1) is 21.2. The van der Waals surface area contributed by atoms with Gasteiger partial charge in [-0.2, -0.15) is 0 Å². The summed E-state index contributed by atoms with van der Waals surface area (Å²) in [5.74, 6) is 0.466. The Morgan fingerprint density at radius 2 is 1.45 bits per heavy atom. The summed E-state index contributed by atoms with van der Waals surface area (Å²) in [4.78, 5) is 12.0. The summed E-state index contributed by atoms with van der Waals surface area (Å²) >= 11 is 0. The van der Waals surface area contributed by atoms with Crippen LogP contribution in [0.5, 0.6) is 0 Å². The maximum Gasteiger partial charge on any atom is 0.312 e. The van der Waals surface area contributed by atoms with Gasteiger partial charge in [0, 0.05) is 0 Å².